The van der Waals surface area contributed by atoms with E-state index in [1.807, 2.05) is 0 Å². The largest absolute Gasteiger partial charge is 0.393 e. The highest BCUT2D eigenvalue weighted by Crippen LogP contribution is 2.37. The Balaban J connectivity index is 1.62. The first kappa shape index (κ1) is 11.2. The highest BCUT2D eigenvalue weighted by molar-refractivity contribution is 5.37. The Morgan fingerprint density at radius 2 is 1.88 bits per heavy atom. The molecule has 2 aliphatic carbocycles. The monoisotopic (exact) mass is 232 g/mol. The van der Waals surface area contributed by atoms with Crippen LogP contribution in [0.25, 0.3) is 0 Å². The van der Waals surface area contributed by atoms with Crippen molar-refractivity contribution in [2.45, 2.75) is 37.5 Å². The quantitative estimate of drug-likeness (QED) is 0.740. The zero-order chi connectivity index (χ0) is 11.8. The second-order valence-corrected chi connectivity index (χ2v) is 5.42. The van der Waals surface area contributed by atoms with Crippen LogP contribution in [0.15, 0.2) is 24.3 Å². The lowest BCUT2D eigenvalue weighted by molar-refractivity contribution is 0.0418. The lowest BCUT2D eigenvalue weighted by Crippen LogP contribution is -2.37. The van der Waals surface area contributed by atoms with Gasteiger partial charge in [-0.05, 0) is 42.9 Å². The van der Waals surface area contributed by atoms with Gasteiger partial charge < -0.3 is 16.2 Å². The number of benzene rings is 1. The minimum Gasteiger partial charge on any atom is -0.393 e. The van der Waals surface area contributed by atoms with E-state index >= 15 is 0 Å². The van der Waals surface area contributed by atoms with Crippen LogP contribution in [0.2, 0.25) is 0 Å². The summed E-state index contributed by atoms with van der Waals surface area (Å²) in [5.74, 6) is 0.647. The summed E-state index contributed by atoms with van der Waals surface area (Å²) < 4.78 is 0. The summed E-state index contributed by atoms with van der Waals surface area (Å²) in [6.45, 7) is 1.00. The van der Waals surface area contributed by atoms with Gasteiger partial charge in [0, 0.05) is 12.1 Å². The molecule has 0 spiro atoms. The van der Waals surface area contributed by atoms with Crippen LogP contribution in [-0.2, 0) is 0 Å². The standard InChI is InChI=1S/C14H20N2O/c15-13-7-14(12-4-2-1-3-11(12)13)16-8-9-5-10(17)6-9/h1-4,9-10,13-14,16-17H,5-8,15H2. The number of aliphatic hydroxyl groups excluding tert-OH is 1. The third-order valence-electron chi connectivity index (χ3n) is 4.12. The van der Waals surface area contributed by atoms with Gasteiger partial charge in [0.05, 0.1) is 6.10 Å². The van der Waals surface area contributed by atoms with E-state index in [1.165, 1.54) is 11.1 Å². The van der Waals surface area contributed by atoms with Gasteiger partial charge in [-0.15, -0.1) is 0 Å². The zero-order valence-corrected chi connectivity index (χ0v) is 9.97. The molecule has 3 rings (SSSR count). The van der Waals surface area contributed by atoms with Crippen LogP contribution in [0.4, 0.5) is 0 Å². The fourth-order valence-corrected chi connectivity index (χ4v) is 3.04. The molecular weight excluding hydrogens is 212 g/mol. The molecule has 3 heteroatoms. The Morgan fingerprint density at radius 1 is 1.18 bits per heavy atom. The van der Waals surface area contributed by atoms with Crippen molar-refractivity contribution < 1.29 is 5.11 Å². The number of fused-ring (bicyclic) bond motifs is 1. The molecule has 0 aromatic heterocycles. The molecule has 0 heterocycles. The first-order chi connectivity index (χ1) is 8.24. The van der Waals surface area contributed by atoms with E-state index in [9.17, 15) is 5.11 Å². The lowest BCUT2D eigenvalue weighted by Gasteiger charge is -2.32. The molecule has 3 nitrogen and oxygen atoms in total. The molecule has 0 amide bonds. The first-order valence-electron chi connectivity index (χ1n) is 6.50. The van der Waals surface area contributed by atoms with Gasteiger partial charge in [0.2, 0.25) is 0 Å². The average Bonchev–Trinajstić information content (AvgIpc) is 2.61. The highest BCUT2D eigenvalue weighted by atomic mass is 16.3. The second-order valence-electron chi connectivity index (χ2n) is 5.42. The van der Waals surface area contributed by atoms with E-state index in [-0.39, 0.29) is 12.1 Å². The van der Waals surface area contributed by atoms with Gasteiger partial charge in [-0.1, -0.05) is 24.3 Å². The number of nitrogens with two attached hydrogens (primary N) is 1. The fraction of sp³-hybridized carbons (Fsp3) is 0.571. The third-order valence-corrected chi connectivity index (χ3v) is 4.12. The molecule has 2 unspecified atom stereocenters. The number of hydrogen-bond acceptors (Lipinski definition) is 3. The molecule has 17 heavy (non-hydrogen) atoms. The summed E-state index contributed by atoms with van der Waals surface area (Å²) in [7, 11) is 0. The summed E-state index contributed by atoms with van der Waals surface area (Å²) in [6, 6.07) is 9.03. The van der Waals surface area contributed by atoms with Gasteiger partial charge in [0.1, 0.15) is 0 Å². The minimum atomic E-state index is -0.0556. The Bertz CT molecular complexity index is 401. The van der Waals surface area contributed by atoms with Crippen molar-refractivity contribution in [1.82, 2.24) is 5.32 Å². The molecule has 1 aromatic carbocycles. The average molecular weight is 232 g/mol. The van der Waals surface area contributed by atoms with Crippen LogP contribution in [0.3, 0.4) is 0 Å². The van der Waals surface area contributed by atoms with Crippen LogP contribution in [0, 0.1) is 5.92 Å². The summed E-state index contributed by atoms with van der Waals surface area (Å²) in [6.07, 6.45) is 2.84. The zero-order valence-electron chi connectivity index (χ0n) is 9.97. The maximum atomic E-state index is 9.26. The van der Waals surface area contributed by atoms with Gasteiger partial charge in [0.15, 0.2) is 0 Å². The molecule has 0 radical (unpaired) electrons. The number of aliphatic hydroxyl groups is 1. The second kappa shape index (κ2) is 4.41. The summed E-state index contributed by atoms with van der Waals surface area (Å²) in [5.41, 5.74) is 8.78. The minimum absolute atomic E-state index is 0.0556. The molecule has 92 valence electrons. The highest BCUT2D eigenvalue weighted by Gasteiger charge is 2.31. The predicted molar refractivity (Wildman–Crippen MR) is 67.5 cm³/mol. The van der Waals surface area contributed by atoms with E-state index in [1.54, 1.807) is 0 Å². The van der Waals surface area contributed by atoms with Crippen molar-refractivity contribution in [3.63, 3.8) is 0 Å². The Hall–Kier alpha value is -0.900. The Morgan fingerprint density at radius 3 is 2.59 bits per heavy atom. The van der Waals surface area contributed by atoms with Crippen LogP contribution < -0.4 is 11.1 Å². The lowest BCUT2D eigenvalue weighted by atomic mass is 9.82. The van der Waals surface area contributed by atoms with Crippen molar-refractivity contribution in [2.24, 2.45) is 11.7 Å². The van der Waals surface area contributed by atoms with Crippen molar-refractivity contribution >= 4 is 0 Å². The maximum Gasteiger partial charge on any atom is 0.0546 e. The Labute approximate surface area is 102 Å². The molecule has 4 N–H and O–H groups in total. The molecule has 1 aromatic rings. The molecule has 2 atom stereocenters. The van der Waals surface area contributed by atoms with Crippen molar-refractivity contribution in [2.75, 3.05) is 6.54 Å². The fourth-order valence-electron chi connectivity index (χ4n) is 3.04. The third kappa shape index (κ3) is 2.10. The van der Waals surface area contributed by atoms with Crippen molar-refractivity contribution in [3.05, 3.63) is 35.4 Å². The van der Waals surface area contributed by atoms with Gasteiger partial charge in [-0.2, -0.15) is 0 Å². The van der Waals surface area contributed by atoms with Crippen LogP contribution in [0.1, 0.15) is 42.5 Å². The van der Waals surface area contributed by atoms with Gasteiger partial charge in [-0.3, -0.25) is 0 Å². The van der Waals surface area contributed by atoms with Crippen LogP contribution >= 0.6 is 0 Å². The first-order valence-corrected chi connectivity index (χ1v) is 6.50. The van der Waals surface area contributed by atoms with Crippen LogP contribution in [0.5, 0.6) is 0 Å². The summed E-state index contributed by atoms with van der Waals surface area (Å²) in [5, 5.41) is 12.9. The molecule has 0 saturated heterocycles. The molecular formula is C14H20N2O. The molecule has 0 aliphatic heterocycles. The molecule has 1 fully saturated rings. The SMILES string of the molecule is NC1CC(NCC2CC(O)C2)c2ccccc21. The van der Waals surface area contributed by atoms with Crippen LogP contribution in [-0.4, -0.2) is 17.8 Å². The van der Waals surface area contributed by atoms with E-state index in [2.05, 4.69) is 29.6 Å². The van der Waals surface area contributed by atoms with E-state index < -0.39 is 0 Å². The maximum absolute atomic E-state index is 9.26. The normalized spacial score (nSPS) is 35.4. The van der Waals surface area contributed by atoms with Gasteiger partial charge in [0.25, 0.3) is 0 Å². The summed E-state index contributed by atoms with van der Waals surface area (Å²) in [4.78, 5) is 0. The summed E-state index contributed by atoms with van der Waals surface area (Å²) >= 11 is 0. The smallest absolute Gasteiger partial charge is 0.0546 e. The molecule has 0 bridgehead atoms. The number of nitrogens with one attached hydrogen (secondary N) is 1. The molecule has 2 aliphatic rings. The Kier molecular flexibility index (Phi) is 2.90. The van der Waals surface area contributed by atoms with Gasteiger partial charge in [-0.25, -0.2) is 0 Å². The molecule has 1 saturated carbocycles. The van der Waals surface area contributed by atoms with E-state index in [0.29, 0.717) is 12.0 Å². The van der Waals surface area contributed by atoms with Crippen molar-refractivity contribution in [3.8, 4) is 0 Å². The van der Waals surface area contributed by atoms with E-state index in [0.717, 1.165) is 25.8 Å². The number of hydrogen-bond donors (Lipinski definition) is 3. The topological polar surface area (TPSA) is 58.3 Å². The van der Waals surface area contributed by atoms with Gasteiger partial charge >= 0.3 is 0 Å². The predicted octanol–water partition coefficient (Wildman–Crippen LogP) is 1.49. The van der Waals surface area contributed by atoms with E-state index in [4.69, 9.17) is 5.73 Å². The number of rotatable bonds is 3. The van der Waals surface area contributed by atoms with Crippen molar-refractivity contribution in [1.29, 1.82) is 0 Å².